The molecule has 0 bridgehead atoms. The molecule has 0 radical (unpaired) electrons. The third kappa shape index (κ3) is 4.17. The van der Waals surface area contributed by atoms with Crippen LogP contribution in [0.5, 0.6) is 0 Å². The van der Waals surface area contributed by atoms with E-state index in [0.29, 0.717) is 31.3 Å². The summed E-state index contributed by atoms with van der Waals surface area (Å²) in [6, 6.07) is 5.95. The summed E-state index contributed by atoms with van der Waals surface area (Å²) >= 11 is 2.22. The van der Waals surface area contributed by atoms with Gasteiger partial charge in [-0.3, -0.25) is 4.79 Å². The Morgan fingerprint density at radius 1 is 1.46 bits per heavy atom. The predicted octanol–water partition coefficient (Wildman–Crippen LogP) is 3.66. The molecule has 3 rings (SSSR count). The SMILES string of the molecule is CCOC(=O)c1sc(/N=C2\NC(=O)/C(=C/c3cccc(F)c3)S2)nc1C. The van der Waals surface area contributed by atoms with Crippen molar-refractivity contribution in [1.29, 1.82) is 0 Å². The molecule has 1 saturated heterocycles. The van der Waals surface area contributed by atoms with Crippen molar-refractivity contribution >= 4 is 51.4 Å². The van der Waals surface area contributed by atoms with Crippen LogP contribution in [-0.4, -0.2) is 28.6 Å². The maximum absolute atomic E-state index is 13.3. The van der Waals surface area contributed by atoms with Crippen molar-refractivity contribution in [2.24, 2.45) is 4.99 Å². The summed E-state index contributed by atoms with van der Waals surface area (Å²) in [4.78, 5) is 33.2. The highest BCUT2D eigenvalue weighted by Gasteiger charge is 2.25. The topological polar surface area (TPSA) is 80.6 Å². The molecule has 2 aromatic rings. The van der Waals surface area contributed by atoms with Crippen LogP contribution in [-0.2, 0) is 9.53 Å². The largest absolute Gasteiger partial charge is 0.462 e. The monoisotopic (exact) mass is 391 g/mol. The third-order valence-electron chi connectivity index (χ3n) is 3.24. The van der Waals surface area contributed by atoms with Crippen LogP contribution in [0.25, 0.3) is 6.08 Å². The minimum Gasteiger partial charge on any atom is -0.462 e. The van der Waals surface area contributed by atoms with E-state index in [0.717, 1.165) is 23.1 Å². The number of halogens is 1. The van der Waals surface area contributed by atoms with Crippen LogP contribution in [0.3, 0.4) is 0 Å². The number of esters is 1. The highest BCUT2D eigenvalue weighted by Crippen LogP contribution is 2.31. The molecule has 1 aliphatic heterocycles. The fourth-order valence-electron chi connectivity index (χ4n) is 2.13. The highest BCUT2D eigenvalue weighted by molar-refractivity contribution is 8.18. The molecule has 0 unspecified atom stereocenters. The van der Waals surface area contributed by atoms with E-state index in [1.807, 2.05) is 0 Å². The maximum Gasteiger partial charge on any atom is 0.350 e. The van der Waals surface area contributed by atoms with Gasteiger partial charge in [-0.25, -0.2) is 14.2 Å². The Bertz CT molecular complexity index is 937. The zero-order chi connectivity index (χ0) is 18.7. The summed E-state index contributed by atoms with van der Waals surface area (Å²) in [7, 11) is 0. The summed E-state index contributed by atoms with van der Waals surface area (Å²) in [5.41, 5.74) is 1.11. The number of thiazole rings is 1. The second kappa shape index (κ2) is 7.79. The van der Waals surface area contributed by atoms with Crippen LogP contribution in [0.1, 0.15) is 27.9 Å². The van der Waals surface area contributed by atoms with Gasteiger partial charge in [0.1, 0.15) is 10.7 Å². The van der Waals surface area contributed by atoms with Crippen molar-refractivity contribution in [2.45, 2.75) is 13.8 Å². The number of thioether (sulfide) groups is 1. The number of nitrogens with one attached hydrogen (secondary N) is 1. The first-order valence-electron chi connectivity index (χ1n) is 7.66. The average Bonchev–Trinajstić information content (AvgIpc) is 3.10. The fraction of sp³-hybridized carbons (Fsp3) is 0.176. The van der Waals surface area contributed by atoms with Crippen molar-refractivity contribution in [3.8, 4) is 0 Å². The number of aryl methyl sites for hydroxylation is 1. The molecular weight excluding hydrogens is 377 g/mol. The molecule has 1 aromatic carbocycles. The van der Waals surface area contributed by atoms with Gasteiger partial charge in [0.15, 0.2) is 5.17 Å². The lowest BCUT2D eigenvalue weighted by atomic mass is 10.2. The molecule has 0 saturated carbocycles. The van der Waals surface area contributed by atoms with E-state index in [-0.39, 0.29) is 18.3 Å². The van der Waals surface area contributed by atoms with Crippen LogP contribution in [0.2, 0.25) is 0 Å². The molecule has 6 nitrogen and oxygen atoms in total. The van der Waals surface area contributed by atoms with Gasteiger partial charge in [-0.2, -0.15) is 4.99 Å². The number of amidine groups is 1. The van der Waals surface area contributed by atoms with E-state index in [1.165, 1.54) is 12.1 Å². The van der Waals surface area contributed by atoms with Crippen LogP contribution < -0.4 is 5.32 Å². The number of rotatable bonds is 4. The van der Waals surface area contributed by atoms with Crippen LogP contribution in [0.4, 0.5) is 9.52 Å². The Balaban J connectivity index is 1.80. The minimum atomic E-state index is -0.441. The summed E-state index contributed by atoms with van der Waals surface area (Å²) in [5, 5.41) is 3.33. The smallest absolute Gasteiger partial charge is 0.350 e. The maximum atomic E-state index is 13.3. The first-order valence-corrected chi connectivity index (χ1v) is 9.29. The number of nitrogens with zero attached hydrogens (tertiary/aromatic N) is 2. The summed E-state index contributed by atoms with van der Waals surface area (Å²) in [6.07, 6.45) is 1.59. The number of amides is 1. The second-order valence-corrected chi connectivity index (χ2v) is 7.18. The summed E-state index contributed by atoms with van der Waals surface area (Å²) < 4.78 is 18.2. The van der Waals surface area contributed by atoms with E-state index < -0.39 is 5.97 Å². The average molecular weight is 391 g/mol. The lowest BCUT2D eigenvalue weighted by molar-refractivity contribution is -0.115. The number of hydrogen-bond acceptors (Lipinski definition) is 7. The van der Waals surface area contributed by atoms with Gasteiger partial charge in [0.2, 0.25) is 5.13 Å². The molecule has 1 amide bonds. The van der Waals surface area contributed by atoms with Crippen molar-refractivity contribution < 1.29 is 18.7 Å². The predicted molar refractivity (Wildman–Crippen MR) is 100 cm³/mol. The van der Waals surface area contributed by atoms with E-state index in [9.17, 15) is 14.0 Å². The van der Waals surface area contributed by atoms with Gasteiger partial charge in [0.05, 0.1) is 17.2 Å². The number of carbonyl (C=O) groups excluding carboxylic acids is 2. The van der Waals surface area contributed by atoms with Gasteiger partial charge in [-0.15, -0.1) is 0 Å². The van der Waals surface area contributed by atoms with Gasteiger partial charge < -0.3 is 10.1 Å². The molecule has 1 N–H and O–H groups in total. The molecule has 1 aromatic heterocycles. The van der Waals surface area contributed by atoms with Crippen molar-refractivity contribution in [1.82, 2.24) is 10.3 Å². The Morgan fingerprint density at radius 2 is 2.27 bits per heavy atom. The number of ether oxygens (including phenoxy) is 1. The number of benzene rings is 1. The molecule has 0 spiro atoms. The van der Waals surface area contributed by atoms with Gasteiger partial charge in [-0.05, 0) is 49.4 Å². The molecule has 0 aliphatic carbocycles. The van der Waals surface area contributed by atoms with E-state index >= 15 is 0 Å². The lowest BCUT2D eigenvalue weighted by Gasteiger charge is -1.97. The molecular formula is C17H14FN3O3S2. The van der Waals surface area contributed by atoms with E-state index in [2.05, 4.69) is 15.3 Å². The number of hydrogen-bond donors (Lipinski definition) is 1. The quantitative estimate of drug-likeness (QED) is 0.635. The molecule has 1 fully saturated rings. The van der Waals surface area contributed by atoms with Crippen molar-refractivity contribution in [3.63, 3.8) is 0 Å². The minimum absolute atomic E-state index is 0.278. The first kappa shape index (κ1) is 18.3. The van der Waals surface area contributed by atoms with Crippen molar-refractivity contribution in [3.05, 3.63) is 51.1 Å². The zero-order valence-electron chi connectivity index (χ0n) is 13.9. The van der Waals surface area contributed by atoms with Gasteiger partial charge in [-0.1, -0.05) is 23.5 Å². The van der Waals surface area contributed by atoms with Gasteiger partial charge in [0.25, 0.3) is 5.91 Å². The number of aliphatic imine (C=N–C) groups is 1. The van der Waals surface area contributed by atoms with Crippen molar-refractivity contribution in [2.75, 3.05) is 6.61 Å². The molecule has 26 heavy (non-hydrogen) atoms. The van der Waals surface area contributed by atoms with Gasteiger partial charge >= 0.3 is 5.97 Å². The second-order valence-electron chi connectivity index (χ2n) is 5.17. The summed E-state index contributed by atoms with van der Waals surface area (Å²) in [5.74, 6) is -1.14. The Morgan fingerprint density at radius 3 is 3.00 bits per heavy atom. The zero-order valence-corrected chi connectivity index (χ0v) is 15.5. The summed E-state index contributed by atoms with van der Waals surface area (Å²) in [6.45, 7) is 3.70. The number of aromatic nitrogens is 1. The Kier molecular flexibility index (Phi) is 5.48. The third-order valence-corrected chi connectivity index (χ3v) is 5.18. The highest BCUT2D eigenvalue weighted by atomic mass is 32.2. The molecule has 134 valence electrons. The molecule has 2 heterocycles. The van der Waals surface area contributed by atoms with Crippen LogP contribution in [0, 0.1) is 12.7 Å². The number of carbonyl (C=O) groups is 2. The van der Waals surface area contributed by atoms with Crippen LogP contribution in [0.15, 0.2) is 34.2 Å². The molecule has 0 atom stereocenters. The van der Waals surface area contributed by atoms with Gasteiger partial charge in [0, 0.05) is 0 Å². The Labute approximate surface area is 157 Å². The Hall–Kier alpha value is -2.52. The van der Waals surface area contributed by atoms with E-state index in [4.69, 9.17) is 4.74 Å². The van der Waals surface area contributed by atoms with E-state index in [1.54, 1.807) is 32.1 Å². The molecule has 1 aliphatic rings. The first-order chi connectivity index (χ1) is 12.5. The normalized spacial score (nSPS) is 17.0. The van der Waals surface area contributed by atoms with Crippen LogP contribution >= 0.6 is 23.1 Å². The lowest BCUT2D eigenvalue weighted by Crippen LogP contribution is -2.19. The standard InChI is InChI=1S/C17H14FN3O3S2/c1-3-24-15(23)13-9(2)19-16(26-13)21-17-20-14(22)12(25-17)8-10-5-4-6-11(18)7-10/h4-8H,3H2,1-2H3,(H,19,20,21,22)/b12-8-. The fourth-order valence-corrected chi connectivity index (χ4v) is 3.85. The molecule has 9 heteroatoms.